The van der Waals surface area contributed by atoms with E-state index in [-0.39, 0.29) is 5.56 Å². The number of H-pyrrole nitrogens is 1. The van der Waals surface area contributed by atoms with E-state index in [0.29, 0.717) is 23.2 Å². The summed E-state index contributed by atoms with van der Waals surface area (Å²) in [5, 5.41) is 0.336. The minimum atomic E-state index is -0.111. The topological polar surface area (TPSA) is 71.8 Å². The number of thioether (sulfide) groups is 1. The molecule has 90 valence electrons. The van der Waals surface area contributed by atoms with E-state index in [1.807, 2.05) is 31.2 Å². The maximum absolute atomic E-state index is 11.8. The molecule has 0 fully saturated rings. The van der Waals surface area contributed by atoms with E-state index < -0.39 is 0 Å². The molecule has 17 heavy (non-hydrogen) atoms. The van der Waals surface area contributed by atoms with Crippen molar-refractivity contribution < 1.29 is 0 Å². The van der Waals surface area contributed by atoms with Crippen LogP contribution in [0.25, 0.3) is 11.0 Å². The molecule has 1 aromatic carbocycles. The zero-order valence-corrected chi connectivity index (χ0v) is 10.5. The van der Waals surface area contributed by atoms with Crippen LogP contribution in [0, 0.1) is 0 Å². The van der Waals surface area contributed by atoms with Crippen LogP contribution in [0.2, 0.25) is 0 Å². The van der Waals surface area contributed by atoms with Crippen molar-refractivity contribution in [2.45, 2.75) is 17.9 Å². The lowest BCUT2D eigenvalue weighted by molar-refractivity contribution is 0.948. The Morgan fingerprint density at radius 2 is 2.24 bits per heavy atom. The third-order valence-corrected chi connectivity index (χ3v) is 3.71. The summed E-state index contributed by atoms with van der Waals surface area (Å²) < 4.78 is 0. The summed E-state index contributed by atoms with van der Waals surface area (Å²) in [7, 11) is 0. The van der Waals surface area contributed by atoms with Gasteiger partial charge in [0.15, 0.2) is 0 Å². The molecule has 0 aliphatic rings. The van der Waals surface area contributed by atoms with Crippen LogP contribution in [0.3, 0.4) is 0 Å². The van der Waals surface area contributed by atoms with Gasteiger partial charge in [-0.15, -0.1) is 0 Å². The monoisotopic (exact) mass is 249 g/mol. The highest BCUT2D eigenvalue weighted by molar-refractivity contribution is 7.99. The number of nitrogens with one attached hydrogen (secondary N) is 1. The number of hydrogen-bond donors (Lipinski definition) is 2. The van der Waals surface area contributed by atoms with Gasteiger partial charge in [0.25, 0.3) is 5.56 Å². The van der Waals surface area contributed by atoms with Crippen LogP contribution < -0.4 is 11.3 Å². The Labute approximate surface area is 104 Å². The van der Waals surface area contributed by atoms with E-state index in [4.69, 9.17) is 5.73 Å². The summed E-state index contributed by atoms with van der Waals surface area (Å²) in [5.41, 5.74) is 7.59. The Balaban J connectivity index is 2.28. The standard InChI is InChI=1S/C12H15N3OS/c1-8(6-13)17-7-11-12(16)15-10-5-3-2-4-9(10)14-11/h2-5,8H,6-7,13H2,1H3,(H,15,16). The fourth-order valence-electron chi connectivity index (χ4n) is 1.45. The minimum Gasteiger partial charge on any atom is -0.329 e. The van der Waals surface area contributed by atoms with Crippen molar-refractivity contribution in [1.29, 1.82) is 0 Å². The number of rotatable bonds is 4. The number of nitrogens with two attached hydrogens (primary N) is 1. The van der Waals surface area contributed by atoms with E-state index in [0.717, 1.165) is 11.0 Å². The molecular weight excluding hydrogens is 234 g/mol. The molecular formula is C12H15N3OS. The lowest BCUT2D eigenvalue weighted by atomic mass is 10.3. The van der Waals surface area contributed by atoms with Crippen molar-refractivity contribution in [3.63, 3.8) is 0 Å². The first-order chi connectivity index (χ1) is 8.20. The highest BCUT2D eigenvalue weighted by Crippen LogP contribution is 2.14. The number of nitrogens with zero attached hydrogens (tertiary/aromatic N) is 1. The van der Waals surface area contributed by atoms with Gasteiger partial charge in [-0.05, 0) is 12.1 Å². The molecule has 1 aromatic heterocycles. The zero-order valence-electron chi connectivity index (χ0n) is 9.64. The third-order valence-electron chi connectivity index (χ3n) is 2.51. The van der Waals surface area contributed by atoms with E-state index in [9.17, 15) is 4.79 Å². The van der Waals surface area contributed by atoms with E-state index in [1.165, 1.54) is 0 Å². The van der Waals surface area contributed by atoms with Gasteiger partial charge in [-0.2, -0.15) is 11.8 Å². The van der Waals surface area contributed by atoms with Gasteiger partial charge in [0, 0.05) is 17.5 Å². The van der Waals surface area contributed by atoms with Crippen molar-refractivity contribution in [3.8, 4) is 0 Å². The Bertz CT molecular complexity index is 567. The van der Waals surface area contributed by atoms with Crippen molar-refractivity contribution in [2.75, 3.05) is 6.54 Å². The first kappa shape index (κ1) is 12.1. The Hall–Kier alpha value is -1.33. The highest BCUT2D eigenvalue weighted by Gasteiger charge is 2.07. The van der Waals surface area contributed by atoms with Crippen LogP contribution in [-0.2, 0) is 5.75 Å². The number of benzene rings is 1. The number of para-hydroxylation sites is 2. The van der Waals surface area contributed by atoms with Gasteiger partial charge in [-0.1, -0.05) is 19.1 Å². The lowest BCUT2D eigenvalue weighted by Gasteiger charge is -2.07. The molecule has 0 saturated carbocycles. The molecule has 0 aliphatic carbocycles. The normalized spacial score (nSPS) is 12.8. The molecule has 3 N–H and O–H groups in total. The summed E-state index contributed by atoms with van der Waals surface area (Å²) in [6, 6.07) is 7.53. The Morgan fingerprint density at radius 3 is 3.00 bits per heavy atom. The predicted molar refractivity (Wildman–Crippen MR) is 72.2 cm³/mol. The number of hydrogen-bond acceptors (Lipinski definition) is 4. The predicted octanol–water partition coefficient (Wildman–Crippen LogP) is 1.50. The van der Waals surface area contributed by atoms with Crippen LogP contribution in [0.5, 0.6) is 0 Å². The molecule has 0 bridgehead atoms. The SMILES string of the molecule is CC(CN)SCc1nc2ccccc2[nH]c1=O. The van der Waals surface area contributed by atoms with Crippen LogP contribution in [0.4, 0.5) is 0 Å². The highest BCUT2D eigenvalue weighted by atomic mass is 32.2. The maximum atomic E-state index is 11.8. The molecule has 0 saturated heterocycles. The van der Waals surface area contributed by atoms with Gasteiger partial charge in [-0.3, -0.25) is 4.79 Å². The molecule has 0 amide bonds. The molecule has 1 heterocycles. The van der Waals surface area contributed by atoms with Gasteiger partial charge >= 0.3 is 0 Å². The third kappa shape index (κ3) is 2.87. The van der Waals surface area contributed by atoms with Gasteiger partial charge < -0.3 is 10.7 Å². The Kier molecular flexibility index (Phi) is 3.81. The minimum absolute atomic E-state index is 0.111. The molecule has 0 aliphatic heterocycles. The molecule has 5 heteroatoms. The van der Waals surface area contributed by atoms with Gasteiger partial charge in [0.1, 0.15) is 5.69 Å². The second-order valence-electron chi connectivity index (χ2n) is 3.89. The second kappa shape index (κ2) is 5.33. The summed E-state index contributed by atoms with van der Waals surface area (Å²) in [4.78, 5) is 19.0. The first-order valence-corrected chi connectivity index (χ1v) is 6.55. The lowest BCUT2D eigenvalue weighted by Crippen LogP contribution is -2.17. The Morgan fingerprint density at radius 1 is 1.47 bits per heavy atom. The first-order valence-electron chi connectivity index (χ1n) is 5.50. The number of fused-ring (bicyclic) bond motifs is 1. The quantitative estimate of drug-likeness (QED) is 0.861. The fourth-order valence-corrected chi connectivity index (χ4v) is 2.23. The average Bonchev–Trinajstić information content (AvgIpc) is 2.35. The van der Waals surface area contributed by atoms with E-state index in [1.54, 1.807) is 11.8 Å². The van der Waals surface area contributed by atoms with Gasteiger partial charge in [0.2, 0.25) is 0 Å². The zero-order chi connectivity index (χ0) is 12.3. The fraction of sp³-hybridized carbons (Fsp3) is 0.333. The molecule has 1 unspecified atom stereocenters. The van der Waals surface area contributed by atoms with Crippen LogP contribution in [0.1, 0.15) is 12.6 Å². The molecule has 0 radical (unpaired) electrons. The van der Waals surface area contributed by atoms with Crippen LogP contribution in [-0.4, -0.2) is 21.8 Å². The van der Waals surface area contributed by atoms with Crippen molar-refractivity contribution >= 4 is 22.8 Å². The summed E-state index contributed by atoms with van der Waals surface area (Å²) in [6.07, 6.45) is 0. The molecule has 2 rings (SSSR count). The average molecular weight is 249 g/mol. The van der Waals surface area contributed by atoms with Gasteiger partial charge in [-0.25, -0.2) is 4.98 Å². The molecule has 1 atom stereocenters. The summed E-state index contributed by atoms with van der Waals surface area (Å²) >= 11 is 1.64. The largest absolute Gasteiger partial charge is 0.329 e. The van der Waals surface area contributed by atoms with Crippen LogP contribution >= 0.6 is 11.8 Å². The number of aromatic nitrogens is 2. The summed E-state index contributed by atoms with van der Waals surface area (Å²) in [5.74, 6) is 0.596. The van der Waals surface area contributed by atoms with E-state index in [2.05, 4.69) is 9.97 Å². The second-order valence-corrected chi connectivity index (χ2v) is 5.31. The van der Waals surface area contributed by atoms with Crippen molar-refractivity contribution in [2.24, 2.45) is 5.73 Å². The van der Waals surface area contributed by atoms with Gasteiger partial charge in [0.05, 0.1) is 11.0 Å². The maximum Gasteiger partial charge on any atom is 0.270 e. The smallest absolute Gasteiger partial charge is 0.270 e. The number of aromatic amines is 1. The van der Waals surface area contributed by atoms with E-state index >= 15 is 0 Å². The van der Waals surface area contributed by atoms with Crippen molar-refractivity contribution in [1.82, 2.24) is 9.97 Å². The molecule has 4 nitrogen and oxygen atoms in total. The molecule has 2 aromatic rings. The van der Waals surface area contributed by atoms with Crippen molar-refractivity contribution in [3.05, 3.63) is 40.3 Å². The van der Waals surface area contributed by atoms with Crippen LogP contribution in [0.15, 0.2) is 29.1 Å². The molecule has 0 spiro atoms. The summed E-state index contributed by atoms with van der Waals surface area (Å²) in [6.45, 7) is 2.65.